The molecule has 0 fully saturated rings. The molecule has 1 aromatic carbocycles. The van der Waals surface area contributed by atoms with Gasteiger partial charge in [0.25, 0.3) is 0 Å². The normalized spacial score (nSPS) is 9.95. The molecule has 0 saturated heterocycles. The molecule has 0 aliphatic rings. The lowest BCUT2D eigenvalue weighted by Gasteiger charge is -2.09. The van der Waals surface area contributed by atoms with Gasteiger partial charge in [0.1, 0.15) is 0 Å². The Morgan fingerprint density at radius 3 is 2.63 bits per heavy atom. The number of carbonyl (C=O) groups excluding carboxylic acids is 1. The molecule has 0 aliphatic heterocycles. The number of ether oxygens (including phenoxy) is 1. The molecule has 0 saturated carbocycles. The van der Waals surface area contributed by atoms with Crippen molar-refractivity contribution in [2.45, 2.75) is 25.7 Å². The number of aromatic carboxylic acids is 1. The lowest BCUT2D eigenvalue weighted by Crippen LogP contribution is -2.07. The molecule has 2 N–H and O–H groups in total. The number of carbonyl (C=O) groups is 2. The van der Waals surface area contributed by atoms with Crippen LogP contribution in [0.1, 0.15) is 36.0 Å². The first-order valence-electron chi connectivity index (χ1n) is 6.28. The standard InChI is InChI=1S/C14H19NO4/c1-19-13(16)9-3-2-6-10-15-12-8-5-4-7-11(12)14(17)18/h4-5,7-8,15H,2-3,6,9-10H2,1H3,(H,17,18). The predicted octanol–water partition coefficient (Wildman–Crippen LogP) is 2.53. The monoisotopic (exact) mass is 265 g/mol. The second kappa shape index (κ2) is 8.13. The van der Waals surface area contributed by atoms with Crippen LogP contribution in [0.4, 0.5) is 5.69 Å². The Labute approximate surface area is 112 Å². The quantitative estimate of drug-likeness (QED) is 0.558. The summed E-state index contributed by atoms with van der Waals surface area (Å²) in [6, 6.07) is 6.82. The van der Waals surface area contributed by atoms with Gasteiger partial charge in [0.05, 0.1) is 12.7 Å². The van der Waals surface area contributed by atoms with Gasteiger partial charge in [0, 0.05) is 18.7 Å². The minimum atomic E-state index is -0.936. The first-order chi connectivity index (χ1) is 9.15. The van der Waals surface area contributed by atoms with Gasteiger partial charge in [-0.1, -0.05) is 18.6 Å². The predicted molar refractivity (Wildman–Crippen MR) is 72.4 cm³/mol. The van der Waals surface area contributed by atoms with Gasteiger partial charge in [-0.05, 0) is 25.0 Å². The Balaban J connectivity index is 2.26. The van der Waals surface area contributed by atoms with Crippen molar-refractivity contribution in [1.29, 1.82) is 0 Å². The first-order valence-corrected chi connectivity index (χ1v) is 6.28. The molecule has 5 nitrogen and oxygen atoms in total. The number of nitrogens with one attached hydrogen (secondary N) is 1. The van der Waals surface area contributed by atoms with E-state index in [4.69, 9.17) is 5.11 Å². The summed E-state index contributed by atoms with van der Waals surface area (Å²) in [5.74, 6) is -1.13. The van der Waals surface area contributed by atoms with Crippen LogP contribution in [-0.4, -0.2) is 30.7 Å². The number of carboxylic acids is 1. The zero-order valence-corrected chi connectivity index (χ0v) is 11.0. The van der Waals surface area contributed by atoms with Crippen LogP contribution >= 0.6 is 0 Å². The first kappa shape index (κ1) is 15.0. The molecular weight excluding hydrogens is 246 g/mol. The molecule has 104 valence electrons. The number of rotatable bonds is 8. The highest BCUT2D eigenvalue weighted by Crippen LogP contribution is 2.15. The number of anilines is 1. The Hall–Kier alpha value is -2.04. The van der Waals surface area contributed by atoms with Crippen molar-refractivity contribution >= 4 is 17.6 Å². The molecular formula is C14H19NO4. The number of hydrogen-bond donors (Lipinski definition) is 2. The topological polar surface area (TPSA) is 75.6 Å². The van der Waals surface area contributed by atoms with Crippen LogP contribution in [-0.2, 0) is 9.53 Å². The lowest BCUT2D eigenvalue weighted by atomic mass is 10.1. The number of esters is 1. The summed E-state index contributed by atoms with van der Waals surface area (Å²) in [5, 5.41) is 12.1. The molecule has 0 aliphatic carbocycles. The average molecular weight is 265 g/mol. The number of carboxylic acid groups (broad SMARTS) is 1. The highest BCUT2D eigenvalue weighted by Gasteiger charge is 2.07. The maximum Gasteiger partial charge on any atom is 0.337 e. The van der Waals surface area contributed by atoms with Crippen LogP contribution in [0.15, 0.2) is 24.3 Å². The summed E-state index contributed by atoms with van der Waals surface area (Å²) >= 11 is 0. The molecule has 5 heteroatoms. The molecule has 0 atom stereocenters. The van der Waals surface area contributed by atoms with E-state index in [1.807, 2.05) is 0 Å². The summed E-state index contributed by atoms with van der Waals surface area (Å²) < 4.78 is 4.55. The van der Waals surface area contributed by atoms with Gasteiger partial charge < -0.3 is 15.2 Å². The Bertz CT molecular complexity index is 431. The third-order valence-electron chi connectivity index (χ3n) is 2.76. The van der Waals surface area contributed by atoms with Crippen LogP contribution < -0.4 is 5.32 Å². The fraction of sp³-hybridized carbons (Fsp3) is 0.429. The van der Waals surface area contributed by atoms with E-state index in [1.165, 1.54) is 7.11 Å². The SMILES string of the molecule is COC(=O)CCCCCNc1ccccc1C(=O)O. The smallest absolute Gasteiger partial charge is 0.337 e. The zero-order valence-electron chi connectivity index (χ0n) is 11.0. The van der Waals surface area contributed by atoms with E-state index in [0.29, 0.717) is 18.7 Å². The minimum Gasteiger partial charge on any atom is -0.478 e. The highest BCUT2D eigenvalue weighted by molar-refractivity contribution is 5.94. The Kier molecular flexibility index (Phi) is 6.43. The summed E-state index contributed by atoms with van der Waals surface area (Å²) in [4.78, 5) is 21.9. The van der Waals surface area contributed by atoms with Gasteiger partial charge in [-0.15, -0.1) is 0 Å². The van der Waals surface area contributed by atoms with Gasteiger partial charge >= 0.3 is 11.9 Å². The van der Waals surface area contributed by atoms with Crippen LogP contribution in [0.2, 0.25) is 0 Å². The van der Waals surface area contributed by atoms with Gasteiger partial charge in [0.15, 0.2) is 0 Å². The molecule has 0 amide bonds. The molecule has 0 unspecified atom stereocenters. The van der Waals surface area contributed by atoms with Crippen LogP contribution in [0.3, 0.4) is 0 Å². The van der Waals surface area contributed by atoms with E-state index in [0.717, 1.165) is 19.3 Å². The zero-order chi connectivity index (χ0) is 14.1. The third-order valence-corrected chi connectivity index (χ3v) is 2.76. The van der Waals surface area contributed by atoms with Crippen molar-refractivity contribution in [3.8, 4) is 0 Å². The highest BCUT2D eigenvalue weighted by atomic mass is 16.5. The molecule has 0 heterocycles. The maximum absolute atomic E-state index is 11.0. The van der Waals surface area contributed by atoms with Crippen molar-refractivity contribution in [2.75, 3.05) is 19.0 Å². The van der Waals surface area contributed by atoms with Crippen molar-refractivity contribution in [1.82, 2.24) is 0 Å². The van der Waals surface area contributed by atoms with Crippen molar-refractivity contribution in [3.63, 3.8) is 0 Å². The fourth-order valence-corrected chi connectivity index (χ4v) is 1.72. The summed E-state index contributed by atoms with van der Waals surface area (Å²) in [7, 11) is 1.38. The minimum absolute atomic E-state index is 0.191. The van der Waals surface area contributed by atoms with Crippen molar-refractivity contribution < 1.29 is 19.4 Å². The van der Waals surface area contributed by atoms with Crippen LogP contribution in [0.25, 0.3) is 0 Å². The number of hydrogen-bond acceptors (Lipinski definition) is 4. The van der Waals surface area contributed by atoms with E-state index in [-0.39, 0.29) is 11.5 Å². The molecule has 19 heavy (non-hydrogen) atoms. The van der Waals surface area contributed by atoms with Crippen molar-refractivity contribution in [3.05, 3.63) is 29.8 Å². The summed E-state index contributed by atoms with van der Waals surface area (Å²) in [6.07, 6.45) is 3.00. The lowest BCUT2D eigenvalue weighted by molar-refractivity contribution is -0.140. The number of benzene rings is 1. The van der Waals surface area contributed by atoms with E-state index in [2.05, 4.69) is 10.1 Å². The largest absolute Gasteiger partial charge is 0.478 e. The van der Waals surface area contributed by atoms with Gasteiger partial charge in [-0.2, -0.15) is 0 Å². The second-order valence-corrected chi connectivity index (χ2v) is 4.16. The maximum atomic E-state index is 11.0. The fourth-order valence-electron chi connectivity index (χ4n) is 1.72. The average Bonchev–Trinajstić information content (AvgIpc) is 2.42. The number of methoxy groups -OCH3 is 1. The summed E-state index contributed by atoms with van der Waals surface area (Å²) in [6.45, 7) is 0.686. The van der Waals surface area contributed by atoms with E-state index < -0.39 is 5.97 Å². The van der Waals surface area contributed by atoms with Gasteiger partial charge in [-0.25, -0.2) is 4.79 Å². The molecule has 0 spiro atoms. The Morgan fingerprint density at radius 2 is 1.95 bits per heavy atom. The second-order valence-electron chi connectivity index (χ2n) is 4.16. The van der Waals surface area contributed by atoms with E-state index in [1.54, 1.807) is 24.3 Å². The number of unbranched alkanes of at least 4 members (excludes halogenated alkanes) is 2. The third kappa shape index (κ3) is 5.42. The van der Waals surface area contributed by atoms with Crippen molar-refractivity contribution in [2.24, 2.45) is 0 Å². The van der Waals surface area contributed by atoms with Crippen LogP contribution in [0.5, 0.6) is 0 Å². The molecule has 1 rings (SSSR count). The van der Waals surface area contributed by atoms with E-state index in [9.17, 15) is 9.59 Å². The van der Waals surface area contributed by atoms with E-state index >= 15 is 0 Å². The van der Waals surface area contributed by atoms with Gasteiger partial charge in [-0.3, -0.25) is 4.79 Å². The number of para-hydroxylation sites is 1. The Morgan fingerprint density at radius 1 is 1.21 bits per heavy atom. The summed E-state index contributed by atoms with van der Waals surface area (Å²) in [5.41, 5.74) is 0.903. The molecule has 0 aromatic heterocycles. The van der Waals surface area contributed by atoms with Gasteiger partial charge in [0.2, 0.25) is 0 Å². The van der Waals surface area contributed by atoms with Crippen LogP contribution in [0, 0.1) is 0 Å². The molecule has 1 aromatic rings. The molecule has 0 bridgehead atoms. The molecule has 0 radical (unpaired) electrons.